The van der Waals surface area contributed by atoms with Gasteiger partial charge in [0.2, 0.25) is 0 Å². The van der Waals surface area contributed by atoms with E-state index in [4.69, 9.17) is 0 Å². The van der Waals surface area contributed by atoms with Crippen molar-refractivity contribution in [1.82, 2.24) is 15.1 Å². The highest BCUT2D eigenvalue weighted by Crippen LogP contribution is 2.17. The molecule has 1 atom stereocenters. The molecule has 102 valence electrons. The molecule has 2 aromatic rings. The van der Waals surface area contributed by atoms with E-state index in [1.165, 1.54) is 16.8 Å². The summed E-state index contributed by atoms with van der Waals surface area (Å²) < 4.78 is 3.00. The smallest absolute Gasteiger partial charge is 0.0666 e. The predicted octanol–water partition coefficient (Wildman–Crippen LogP) is 3.60. The number of rotatable bonds is 5. The summed E-state index contributed by atoms with van der Waals surface area (Å²) in [6.45, 7) is 5.18. The summed E-state index contributed by atoms with van der Waals surface area (Å²) in [6.07, 6.45) is 3.07. The van der Waals surface area contributed by atoms with E-state index in [0.29, 0.717) is 6.04 Å². The molecule has 1 aromatic heterocycles. The molecular formula is C15H20BrN3. The molecule has 0 spiro atoms. The lowest BCUT2D eigenvalue weighted by Crippen LogP contribution is -2.18. The largest absolute Gasteiger partial charge is 0.306 e. The lowest BCUT2D eigenvalue weighted by molar-refractivity contribution is 0.572. The Kier molecular flexibility index (Phi) is 4.77. The van der Waals surface area contributed by atoms with Gasteiger partial charge in [0.15, 0.2) is 0 Å². The molecule has 19 heavy (non-hydrogen) atoms. The number of aromatic nitrogens is 2. The van der Waals surface area contributed by atoms with Crippen molar-refractivity contribution in [2.24, 2.45) is 7.05 Å². The highest BCUT2D eigenvalue weighted by atomic mass is 79.9. The second kappa shape index (κ2) is 6.35. The summed E-state index contributed by atoms with van der Waals surface area (Å²) in [7, 11) is 1.97. The van der Waals surface area contributed by atoms with Crippen LogP contribution in [0.2, 0.25) is 0 Å². The fraction of sp³-hybridized carbons (Fsp3) is 0.400. The number of halogens is 1. The van der Waals surface area contributed by atoms with Gasteiger partial charge in [-0.05, 0) is 31.0 Å². The first kappa shape index (κ1) is 14.3. The molecule has 0 amide bonds. The van der Waals surface area contributed by atoms with E-state index in [-0.39, 0.29) is 0 Å². The molecule has 2 rings (SSSR count). The van der Waals surface area contributed by atoms with Gasteiger partial charge in [-0.3, -0.25) is 4.68 Å². The maximum Gasteiger partial charge on any atom is 0.0666 e. The third kappa shape index (κ3) is 3.67. The zero-order chi connectivity index (χ0) is 13.8. The first-order valence-corrected chi connectivity index (χ1v) is 7.39. The highest BCUT2D eigenvalue weighted by molar-refractivity contribution is 9.10. The zero-order valence-electron chi connectivity index (χ0n) is 11.7. The van der Waals surface area contributed by atoms with Crippen molar-refractivity contribution in [2.75, 3.05) is 0 Å². The molecule has 1 N–H and O–H groups in total. The van der Waals surface area contributed by atoms with Crippen LogP contribution in [0.4, 0.5) is 0 Å². The third-order valence-electron chi connectivity index (χ3n) is 3.30. The molecule has 4 heteroatoms. The van der Waals surface area contributed by atoms with Gasteiger partial charge in [0.05, 0.1) is 5.69 Å². The molecule has 0 bridgehead atoms. The van der Waals surface area contributed by atoms with Crippen LogP contribution in [0, 0.1) is 0 Å². The van der Waals surface area contributed by atoms with Crippen LogP contribution in [-0.4, -0.2) is 9.78 Å². The van der Waals surface area contributed by atoms with Crippen LogP contribution in [0.5, 0.6) is 0 Å². The monoisotopic (exact) mass is 321 g/mol. The van der Waals surface area contributed by atoms with Crippen molar-refractivity contribution < 1.29 is 0 Å². The second-order valence-corrected chi connectivity index (χ2v) is 5.70. The van der Waals surface area contributed by atoms with Gasteiger partial charge in [0, 0.05) is 35.9 Å². The van der Waals surface area contributed by atoms with Crippen LogP contribution in [0.25, 0.3) is 0 Å². The molecule has 0 fully saturated rings. The van der Waals surface area contributed by atoms with Crippen LogP contribution < -0.4 is 5.32 Å². The van der Waals surface area contributed by atoms with Crippen LogP contribution in [0.3, 0.4) is 0 Å². The first-order valence-electron chi connectivity index (χ1n) is 6.60. The average Bonchev–Trinajstić information content (AvgIpc) is 2.77. The fourth-order valence-corrected chi connectivity index (χ4v) is 2.43. The molecule has 0 saturated heterocycles. The van der Waals surface area contributed by atoms with Crippen molar-refractivity contribution >= 4 is 15.9 Å². The SMILES string of the molecule is CCc1nn(C)cc1CN[C@H](C)c1ccc(Br)cc1. The van der Waals surface area contributed by atoms with E-state index in [2.05, 4.69) is 70.7 Å². The standard InChI is InChI=1S/C15H20BrN3/c1-4-15-13(10-19(3)18-15)9-17-11(2)12-5-7-14(16)8-6-12/h5-8,10-11,17H,4,9H2,1-3H3/t11-/m1/s1. The Bertz CT molecular complexity index is 531. The summed E-state index contributed by atoms with van der Waals surface area (Å²) in [6, 6.07) is 8.78. The molecule has 0 aliphatic rings. The summed E-state index contributed by atoms with van der Waals surface area (Å²) in [4.78, 5) is 0. The van der Waals surface area contributed by atoms with E-state index < -0.39 is 0 Å². The molecule has 0 saturated carbocycles. The Balaban J connectivity index is 1.99. The number of hydrogen-bond acceptors (Lipinski definition) is 2. The van der Waals surface area contributed by atoms with Crippen LogP contribution in [0.1, 0.15) is 36.7 Å². The maximum absolute atomic E-state index is 4.46. The summed E-state index contributed by atoms with van der Waals surface area (Å²) in [5.41, 5.74) is 3.76. The van der Waals surface area contributed by atoms with Gasteiger partial charge in [0.25, 0.3) is 0 Å². The minimum atomic E-state index is 0.331. The first-order chi connectivity index (χ1) is 9.10. The van der Waals surface area contributed by atoms with Crippen molar-refractivity contribution in [3.05, 3.63) is 51.8 Å². The van der Waals surface area contributed by atoms with Gasteiger partial charge in [0.1, 0.15) is 0 Å². The van der Waals surface area contributed by atoms with E-state index in [1.54, 1.807) is 0 Å². The van der Waals surface area contributed by atoms with E-state index >= 15 is 0 Å². The van der Waals surface area contributed by atoms with E-state index in [0.717, 1.165) is 17.4 Å². The van der Waals surface area contributed by atoms with E-state index in [9.17, 15) is 0 Å². The van der Waals surface area contributed by atoms with E-state index in [1.807, 2.05) is 11.7 Å². The Morgan fingerprint density at radius 3 is 2.63 bits per heavy atom. The van der Waals surface area contributed by atoms with Crippen LogP contribution >= 0.6 is 15.9 Å². The highest BCUT2D eigenvalue weighted by Gasteiger charge is 2.09. The Labute approximate surface area is 123 Å². The van der Waals surface area contributed by atoms with Gasteiger partial charge < -0.3 is 5.32 Å². The lowest BCUT2D eigenvalue weighted by atomic mass is 10.1. The lowest BCUT2D eigenvalue weighted by Gasteiger charge is -2.14. The quantitative estimate of drug-likeness (QED) is 0.911. The van der Waals surface area contributed by atoms with Gasteiger partial charge in [-0.1, -0.05) is 35.0 Å². The Hall–Kier alpha value is -1.13. The number of nitrogens with one attached hydrogen (secondary N) is 1. The maximum atomic E-state index is 4.46. The molecular weight excluding hydrogens is 302 g/mol. The molecule has 0 aliphatic heterocycles. The van der Waals surface area contributed by atoms with Crippen molar-refractivity contribution in [1.29, 1.82) is 0 Å². The molecule has 0 unspecified atom stereocenters. The number of aryl methyl sites for hydroxylation is 2. The third-order valence-corrected chi connectivity index (χ3v) is 3.82. The Morgan fingerprint density at radius 2 is 2.00 bits per heavy atom. The van der Waals surface area contributed by atoms with Crippen molar-refractivity contribution in [3.63, 3.8) is 0 Å². The minimum absolute atomic E-state index is 0.331. The zero-order valence-corrected chi connectivity index (χ0v) is 13.2. The Morgan fingerprint density at radius 1 is 1.32 bits per heavy atom. The average molecular weight is 322 g/mol. The number of nitrogens with zero attached hydrogens (tertiary/aromatic N) is 2. The fourth-order valence-electron chi connectivity index (χ4n) is 2.16. The summed E-state index contributed by atoms with van der Waals surface area (Å²) >= 11 is 3.46. The predicted molar refractivity (Wildman–Crippen MR) is 82.0 cm³/mol. The van der Waals surface area contributed by atoms with Gasteiger partial charge in [-0.15, -0.1) is 0 Å². The number of hydrogen-bond donors (Lipinski definition) is 1. The normalized spacial score (nSPS) is 12.6. The molecule has 0 aliphatic carbocycles. The summed E-state index contributed by atoms with van der Waals surface area (Å²) in [5, 5.41) is 8.02. The van der Waals surface area contributed by atoms with Crippen molar-refractivity contribution in [2.45, 2.75) is 32.9 Å². The molecule has 0 radical (unpaired) electrons. The van der Waals surface area contributed by atoms with Crippen LogP contribution in [0.15, 0.2) is 34.9 Å². The second-order valence-electron chi connectivity index (χ2n) is 4.78. The minimum Gasteiger partial charge on any atom is -0.306 e. The topological polar surface area (TPSA) is 29.9 Å². The van der Waals surface area contributed by atoms with Gasteiger partial charge in [-0.25, -0.2) is 0 Å². The molecule has 3 nitrogen and oxygen atoms in total. The summed E-state index contributed by atoms with van der Waals surface area (Å²) in [5.74, 6) is 0. The number of benzene rings is 1. The molecule has 1 heterocycles. The van der Waals surface area contributed by atoms with Crippen molar-refractivity contribution in [3.8, 4) is 0 Å². The van der Waals surface area contributed by atoms with Gasteiger partial charge in [-0.2, -0.15) is 5.10 Å². The molecule has 1 aromatic carbocycles. The van der Waals surface area contributed by atoms with Crippen LogP contribution in [-0.2, 0) is 20.0 Å². The van der Waals surface area contributed by atoms with Gasteiger partial charge >= 0.3 is 0 Å².